The monoisotopic (exact) mass is 530 g/mol. The molecule has 9 nitrogen and oxygen atoms in total. The standard InChI is InChI=1S/C26H22N6O3S2/c1-4-13-27-22-18(23(33)30-14-9-8-12-20(30)28-22)15-19-24(34)31(26(36)37-19)21-16(2)29(3)32(25(21)35)17-10-6-5-7-11-17/h4-12,14-15,27H,1,13H2,2-3H3. The molecular formula is C26H22N6O3S2. The summed E-state index contributed by atoms with van der Waals surface area (Å²) < 4.78 is 4.79. The molecule has 0 spiro atoms. The van der Waals surface area contributed by atoms with Gasteiger partial charge in [0.2, 0.25) is 0 Å². The van der Waals surface area contributed by atoms with E-state index in [1.54, 1.807) is 49.1 Å². The number of aromatic nitrogens is 4. The van der Waals surface area contributed by atoms with Crippen LogP contribution in [0.2, 0.25) is 0 Å². The first-order valence-corrected chi connectivity index (χ1v) is 12.5. The van der Waals surface area contributed by atoms with Gasteiger partial charge in [0, 0.05) is 19.8 Å². The van der Waals surface area contributed by atoms with E-state index >= 15 is 0 Å². The number of fused-ring (bicyclic) bond motifs is 1. The van der Waals surface area contributed by atoms with Gasteiger partial charge in [-0.1, -0.05) is 54.3 Å². The Bertz CT molecular complexity index is 1730. The number of carbonyl (C=O) groups excluding carboxylic acids is 1. The molecule has 1 aliphatic rings. The average Bonchev–Trinajstić information content (AvgIpc) is 3.29. The SMILES string of the molecule is C=CCNc1nc2ccccn2c(=O)c1C=C1SC(=S)N(c2c(C)n(C)n(-c3ccccc3)c2=O)C1=O. The van der Waals surface area contributed by atoms with Crippen LogP contribution in [0, 0.1) is 6.92 Å². The van der Waals surface area contributed by atoms with E-state index in [0.29, 0.717) is 29.4 Å². The Morgan fingerprint density at radius 3 is 2.54 bits per heavy atom. The second-order valence-corrected chi connectivity index (χ2v) is 9.88. The van der Waals surface area contributed by atoms with Gasteiger partial charge in [-0.25, -0.2) is 9.67 Å². The van der Waals surface area contributed by atoms with E-state index in [4.69, 9.17) is 12.2 Å². The molecule has 1 saturated heterocycles. The number of rotatable bonds is 6. The molecule has 0 bridgehead atoms. The minimum Gasteiger partial charge on any atom is -0.366 e. The number of para-hydroxylation sites is 1. The van der Waals surface area contributed by atoms with Crippen molar-refractivity contribution in [3.63, 3.8) is 0 Å². The molecular weight excluding hydrogens is 508 g/mol. The van der Waals surface area contributed by atoms with Crippen molar-refractivity contribution < 1.29 is 4.79 Å². The number of hydrogen-bond donors (Lipinski definition) is 1. The fourth-order valence-corrected chi connectivity index (χ4v) is 5.39. The number of anilines is 2. The van der Waals surface area contributed by atoms with Gasteiger partial charge < -0.3 is 5.32 Å². The molecule has 4 aromatic rings. The fourth-order valence-electron chi connectivity index (χ4n) is 4.14. The normalized spacial score (nSPS) is 14.6. The van der Waals surface area contributed by atoms with Crippen molar-refractivity contribution in [2.45, 2.75) is 6.92 Å². The van der Waals surface area contributed by atoms with Crippen LogP contribution in [0.5, 0.6) is 0 Å². The van der Waals surface area contributed by atoms with E-state index in [0.717, 1.165) is 11.8 Å². The van der Waals surface area contributed by atoms with Crippen molar-refractivity contribution in [2.24, 2.45) is 7.05 Å². The average molecular weight is 531 g/mol. The van der Waals surface area contributed by atoms with E-state index in [-0.39, 0.29) is 31.6 Å². The first-order valence-electron chi connectivity index (χ1n) is 11.3. The molecule has 4 heterocycles. The highest BCUT2D eigenvalue weighted by Gasteiger charge is 2.38. The van der Waals surface area contributed by atoms with Gasteiger partial charge in [-0.15, -0.1) is 6.58 Å². The topological polar surface area (TPSA) is 93.6 Å². The Labute approximate surface area is 221 Å². The third-order valence-electron chi connectivity index (χ3n) is 6.00. The predicted octanol–water partition coefficient (Wildman–Crippen LogP) is 3.50. The lowest BCUT2D eigenvalue weighted by Gasteiger charge is -2.12. The van der Waals surface area contributed by atoms with Gasteiger partial charge in [-0.05, 0) is 37.3 Å². The van der Waals surface area contributed by atoms with Crippen molar-refractivity contribution in [3.05, 3.63) is 104 Å². The third kappa shape index (κ3) is 4.11. The Hall–Kier alpha value is -4.22. The number of thioether (sulfide) groups is 1. The molecule has 11 heteroatoms. The fraction of sp³-hybridized carbons (Fsp3) is 0.115. The van der Waals surface area contributed by atoms with Gasteiger partial charge in [-0.2, -0.15) is 0 Å². The maximum atomic E-state index is 13.6. The molecule has 0 atom stereocenters. The van der Waals surface area contributed by atoms with Crippen LogP contribution in [0.15, 0.2) is 81.9 Å². The number of hydrogen-bond acceptors (Lipinski definition) is 7. The van der Waals surface area contributed by atoms with Crippen LogP contribution < -0.4 is 21.3 Å². The molecule has 1 aromatic carbocycles. The van der Waals surface area contributed by atoms with Gasteiger partial charge in [0.1, 0.15) is 17.2 Å². The highest BCUT2D eigenvalue weighted by molar-refractivity contribution is 8.27. The minimum absolute atomic E-state index is 0.176. The van der Waals surface area contributed by atoms with E-state index < -0.39 is 5.91 Å². The van der Waals surface area contributed by atoms with E-state index in [2.05, 4.69) is 16.9 Å². The highest BCUT2D eigenvalue weighted by Crippen LogP contribution is 2.36. The molecule has 0 radical (unpaired) electrons. The molecule has 5 rings (SSSR count). The Kier molecular flexibility index (Phi) is 6.40. The molecule has 1 N–H and O–H groups in total. The van der Waals surface area contributed by atoms with Crippen LogP contribution in [0.4, 0.5) is 11.5 Å². The lowest BCUT2D eigenvalue weighted by Crippen LogP contribution is -2.33. The van der Waals surface area contributed by atoms with Crippen molar-refractivity contribution in [2.75, 3.05) is 16.8 Å². The van der Waals surface area contributed by atoms with Crippen molar-refractivity contribution in [1.82, 2.24) is 18.7 Å². The number of benzene rings is 1. The second-order valence-electron chi connectivity index (χ2n) is 8.20. The molecule has 186 valence electrons. The van der Waals surface area contributed by atoms with Crippen LogP contribution in [0.3, 0.4) is 0 Å². The zero-order valence-corrected chi connectivity index (χ0v) is 21.7. The lowest BCUT2D eigenvalue weighted by atomic mass is 10.2. The van der Waals surface area contributed by atoms with Gasteiger partial charge >= 0.3 is 0 Å². The minimum atomic E-state index is -0.478. The van der Waals surface area contributed by atoms with Crippen LogP contribution in [0.25, 0.3) is 17.4 Å². The largest absolute Gasteiger partial charge is 0.366 e. The molecule has 3 aromatic heterocycles. The number of nitrogens with one attached hydrogen (secondary N) is 1. The Balaban J connectivity index is 1.62. The number of amides is 1. The zero-order valence-electron chi connectivity index (χ0n) is 20.0. The van der Waals surface area contributed by atoms with Crippen molar-refractivity contribution >= 4 is 57.4 Å². The predicted molar refractivity (Wildman–Crippen MR) is 152 cm³/mol. The molecule has 1 aliphatic heterocycles. The maximum Gasteiger partial charge on any atom is 0.296 e. The molecule has 0 saturated carbocycles. The van der Waals surface area contributed by atoms with Crippen LogP contribution in [-0.4, -0.2) is 35.5 Å². The van der Waals surface area contributed by atoms with E-state index in [9.17, 15) is 14.4 Å². The smallest absolute Gasteiger partial charge is 0.296 e. The lowest BCUT2D eigenvalue weighted by molar-refractivity contribution is -0.113. The van der Waals surface area contributed by atoms with Crippen LogP contribution in [0.1, 0.15) is 11.3 Å². The van der Waals surface area contributed by atoms with Crippen molar-refractivity contribution in [1.29, 1.82) is 0 Å². The van der Waals surface area contributed by atoms with Gasteiger partial charge in [-0.3, -0.25) is 28.4 Å². The van der Waals surface area contributed by atoms with Gasteiger partial charge in [0.15, 0.2) is 4.32 Å². The second kappa shape index (κ2) is 9.68. The molecule has 37 heavy (non-hydrogen) atoms. The molecule has 1 fully saturated rings. The quantitative estimate of drug-likeness (QED) is 0.232. The molecule has 0 aliphatic carbocycles. The number of pyridine rings is 1. The Morgan fingerprint density at radius 1 is 1.08 bits per heavy atom. The van der Waals surface area contributed by atoms with E-state index in [1.807, 2.05) is 30.3 Å². The highest BCUT2D eigenvalue weighted by atomic mass is 32.2. The van der Waals surface area contributed by atoms with Gasteiger partial charge in [0.05, 0.1) is 21.8 Å². The first-order chi connectivity index (χ1) is 17.8. The van der Waals surface area contributed by atoms with E-state index in [1.165, 1.54) is 20.1 Å². The maximum absolute atomic E-state index is 13.6. The summed E-state index contributed by atoms with van der Waals surface area (Å²) in [5.41, 5.74) is 1.37. The summed E-state index contributed by atoms with van der Waals surface area (Å²) in [6.45, 7) is 5.84. The molecule has 1 amide bonds. The zero-order chi connectivity index (χ0) is 26.3. The summed E-state index contributed by atoms with van der Waals surface area (Å²) in [6.07, 6.45) is 4.74. The summed E-state index contributed by atoms with van der Waals surface area (Å²) in [7, 11) is 1.75. The Morgan fingerprint density at radius 2 is 1.81 bits per heavy atom. The first kappa shape index (κ1) is 24.5. The summed E-state index contributed by atoms with van der Waals surface area (Å²) in [5, 5.41) is 3.08. The van der Waals surface area contributed by atoms with Gasteiger partial charge in [0.25, 0.3) is 17.0 Å². The third-order valence-corrected chi connectivity index (χ3v) is 7.30. The summed E-state index contributed by atoms with van der Waals surface area (Å²) in [6, 6.07) is 14.4. The summed E-state index contributed by atoms with van der Waals surface area (Å²) >= 11 is 6.57. The number of carbonyl (C=O) groups is 1. The van der Waals surface area contributed by atoms with Crippen molar-refractivity contribution in [3.8, 4) is 5.69 Å². The summed E-state index contributed by atoms with van der Waals surface area (Å²) in [5.74, 6) is -0.156. The molecule has 0 unspecified atom stereocenters. The number of thiocarbonyl (C=S) groups is 1. The summed E-state index contributed by atoms with van der Waals surface area (Å²) in [4.78, 5) is 46.5. The van der Waals surface area contributed by atoms with Crippen LogP contribution in [-0.2, 0) is 11.8 Å². The number of nitrogens with zero attached hydrogens (tertiary/aromatic N) is 5. The van der Waals surface area contributed by atoms with Crippen LogP contribution >= 0.6 is 24.0 Å².